The van der Waals surface area contributed by atoms with Crippen LogP contribution in [0.2, 0.25) is 0 Å². The number of nitrogens with zero attached hydrogens (tertiary/aromatic N) is 2. The SMILES string of the molecule is Cc1ncsc1-c1ccc([C@H](C)NC(=O)[C@@H]2CCCN2C(=O)C(NC(=O)c2cc(F)cc(Br)c2)C(C)(C)C)cc1. The Kier molecular flexibility index (Phi) is 9.09. The highest BCUT2D eigenvalue weighted by molar-refractivity contribution is 9.10. The summed E-state index contributed by atoms with van der Waals surface area (Å²) < 4.78 is 14.3. The van der Waals surface area contributed by atoms with E-state index in [0.717, 1.165) is 27.8 Å². The van der Waals surface area contributed by atoms with Crippen LogP contribution in [0.4, 0.5) is 4.39 Å². The summed E-state index contributed by atoms with van der Waals surface area (Å²) in [5, 5.41) is 5.87. The monoisotopic (exact) mass is 628 g/mol. The number of thiazole rings is 1. The van der Waals surface area contributed by atoms with Gasteiger partial charge in [-0.2, -0.15) is 0 Å². The zero-order chi connectivity index (χ0) is 29.2. The minimum atomic E-state index is -0.907. The Balaban J connectivity index is 1.45. The van der Waals surface area contributed by atoms with E-state index in [9.17, 15) is 18.8 Å². The van der Waals surface area contributed by atoms with Gasteiger partial charge >= 0.3 is 0 Å². The molecule has 212 valence electrons. The van der Waals surface area contributed by atoms with E-state index in [-0.39, 0.29) is 23.4 Å². The van der Waals surface area contributed by atoms with E-state index in [1.807, 2.05) is 64.4 Å². The number of carbonyl (C=O) groups is 3. The zero-order valence-corrected chi connectivity index (χ0v) is 25.7. The lowest BCUT2D eigenvalue weighted by Gasteiger charge is -2.35. The second kappa shape index (κ2) is 12.2. The molecule has 1 aromatic heterocycles. The van der Waals surface area contributed by atoms with E-state index in [4.69, 9.17) is 0 Å². The van der Waals surface area contributed by atoms with Gasteiger partial charge in [-0.3, -0.25) is 14.4 Å². The first kappa shape index (κ1) is 29.9. The highest BCUT2D eigenvalue weighted by Crippen LogP contribution is 2.29. The molecule has 40 heavy (non-hydrogen) atoms. The summed E-state index contributed by atoms with van der Waals surface area (Å²) in [5.41, 5.74) is 4.30. The summed E-state index contributed by atoms with van der Waals surface area (Å²) in [6.45, 7) is 9.86. The molecule has 1 aliphatic heterocycles. The van der Waals surface area contributed by atoms with Crippen LogP contribution in [-0.2, 0) is 9.59 Å². The lowest BCUT2D eigenvalue weighted by atomic mass is 9.85. The smallest absolute Gasteiger partial charge is 0.252 e. The number of halogens is 2. The van der Waals surface area contributed by atoms with Crippen molar-refractivity contribution in [2.45, 2.75) is 65.6 Å². The number of likely N-dealkylation sites (tertiary alicyclic amines) is 1. The van der Waals surface area contributed by atoms with Crippen molar-refractivity contribution in [2.24, 2.45) is 5.41 Å². The van der Waals surface area contributed by atoms with Gasteiger partial charge in [-0.15, -0.1) is 11.3 Å². The molecule has 1 saturated heterocycles. The molecule has 0 radical (unpaired) electrons. The lowest BCUT2D eigenvalue weighted by molar-refractivity contribution is -0.142. The molecule has 0 aliphatic carbocycles. The fourth-order valence-electron chi connectivity index (χ4n) is 4.91. The maximum atomic E-state index is 13.9. The molecule has 0 saturated carbocycles. The first-order chi connectivity index (χ1) is 18.8. The minimum Gasteiger partial charge on any atom is -0.348 e. The van der Waals surface area contributed by atoms with E-state index in [0.29, 0.717) is 23.9 Å². The predicted molar refractivity (Wildman–Crippen MR) is 158 cm³/mol. The van der Waals surface area contributed by atoms with Gasteiger partial charge in [0.2, 0.25) is 11.8 Å². The number of aryl methyl sites for hydroxylation is 1. The Hall–Kier alpha value is -3.11. The number of hydrogen-bond donors (Lipinski definition) is 2. The highest BCUT2D eigenvalue weighted by Gasteiger charge is 2.42. The van der Waals surface area contributed by atoms with Gasteiger partial charge in [0.1, 0.15) is 17.9 Å². The Morgan fingerprint density at radius 3 is 2.42 bits per heavy atom. The topological polar surface area (TPSA) is 91.4 Å². The number of amides is 3. The van der Waals surface area contributed by atoms with Crippen molar-refractivity contribution in [1.82, 2.24) is 20.5 Å². The predicted octanol–water partition coefficient (Wildman–Crippen LogP) is 6.03. The van der Waals surface area contributed by atoms with Gasteiger partial charge in [-0.05, 0) is 61.4 Å². The first-order valence-electron chi connectivity index (χ1n) is 13.2. The maximum Gasteiger partial charge on any atom is 0.252 e. The van der Waals surface area contributed by atoms with Crippen LogP contribution in [0.15, 0.2) is 52.4 Å². The number of nitrogens with one attached hydrogen (secondary N) is 2. The molecule has 1 unspecified atom stereocenters. The molecule has 0 bridgehead atoms. The lowest BCUT2D eigenvalue weighted by Crippen LogP contribution is -2.57. The molecule has 3 amide bonds. The second-order valence-electron chi connectivity index (χ2n) is 11.2. The second-order valence-corrected chi connectivity index (χ2v) is 13.0. The molecule has 3 aromatic rings. The van der Waals surface area contributed by atoms with Crippen molar-refractivity contribution in [2.75, 3.05) is 6.54 Å². The molecule has 3 atom stereocenters. The van der Waals surface area contributed by atoms with Crippen molar-refractivity contribution in [3.63, 3.8) is 0 Å². The van der Waals surface area contributed by atoms with Crippen LogP contribution in [-0.4, -0.2) is 46.2 Å². The van der Waals surface area contributed by atoms with Crippen molar-refractivity contribution in [3.8, 4) is 10.4 Å². The normalized spacial score (nSPS) is 16.9. The van der Waals surface area contributed by atoms with Gasteiger partial charge in [0, 0.05) is 16.6 Å². The van der Waals surface area contributed by atoms with Crippen LogP contribution in [0.1, 0.15) is 68.2 Å². The molecule has 7 nitrogen and oxygen atoms in total. The number of carbonyl (C=O) groups excluding carboxylic acids is 3. The average Bonchev–Trinajstić information content (AvgIpc) is 3.55. The average molecular weight is 630 g/mol. The molecular formula is C30H34BrFN4O3S. The van der Waals surface area contributed by atoms with Crippen molar-refractivity contribution in [3.05, 3.63) is 75.1 Å². The van der Waals surface area contributed by atoms with Crippen LogP contribution in [0, 0.1) is 18.2 Å². The standard InChI is InChI=1S/C30H34BrFN4O3S/c1-17(19-8-10-20(11-9-19)25-18(2)33-16-40-25)34-28(38)24-7-6-12-36(24)29(39)26(30(3,4)5)35-27(37)21-13-22(31)15-23(32)14-21/h8-11,13-17,24,26H,6-7,12H2,1-5H3,(H,34,38)(H,35,37)/t17-,24-,26?/m0/s1. The molecule has 2 aromatic carbocycles. The summed E-state index contributed by atoms with van der Waals surface area (Å²) in [6.07, 6.45) is 1.22. The summed E-state index contributed by atoms with van der Waals surface area (Å²) >= 11 is 4.79. The van der Waals surface area contributed by atoms with E-state index < -0.39 is 29.2 Å². The van der Waals surface area contributed by atoms with Gasteiger partial charge in [0.05, 0.1) is 22.1 Å². The van der Waals surface area contributed by atoms with Crippen LogP contribution >= 0.6 is 27.3 Å². The molecular weight excluding hydrogens is 595 g/mol. The van der Waals surface area contributed by atoms with E-state index in [1.54, 1.807) is 16.2 Å². The quantitative estimate of drug-likeness (QED) is 0.334. The molecule has 2 N–H and O–H groups in total. The van der Waals surface area contributed by atoms with E-state index in [2.05, 4.69) is 31.5 Å². The fraction of sp³-hybridized carbons (Fsp3) is 0.400. The van der Waals surface area contributed by atoms with E-state index >= 15 is 0 Å². The molecule has 10 heteroatoms. The van der Waals surface area contributed by atoms with Gasteiger partial charge in [0.15, 0.2) is 0 Å². The summed E-state index contributed by atoms with van der Waals surface area (Å²) in [6, 6.07) is 10.1. The Bertz CT molecular complexity index is 1380. The molecule has 1 fully saturated rings. The minimum absolute atomic E-state index is 0.106. The third kappa shape index (κ3) is 6.78. The van der Waals surface area contributed by atoms with Gasteiger partial charge in [-0.25, -0.2) is 9.37 Å². The first-order valence-corrected chi connectivity index (χ1v) is 14.9. The Morgan fingerprint density at radius 2 is 1.82 bits per heavy atom. The maximum absolute atomic E-state index is 13.9. The highest BCUT2D eigenvalue weighted by atomic mass is 79.9. The largest absolute Gasteiger partial charge is 0.348 e. The van der Waals surface area contributed by atoms with Crippen LogP contribution in [0.5, 0.6) is 0 Å². The number of rotatable bonds is 7. The third-order valence-corrected chi connectivity index (χ3v) is 8.56. The molecule has 0 spiro atoms. The fourth-order valence-corrected chi connectivity index (χ4v) is 6.19. The van der Waals surface area contributed by atoms with Crippen LogP contribution in [0.25, 0.3) is 10.4 Å². The van der Waals surface area contributed by atoms with E-state index in [1.165, 1.54) is 12.1 Å². The Morgan fingerprint density at radius 1 is 1.12 bits per heavy atom. The van der Waals surface area contributed by atoms with Crippen molar-refractivity contribution >= 4 is 45.0 Å². The number of hydrogen-bond acceptors (Lipinski definition) is 5. The van der Waals surface area contributed by atoms with Gasteiger partial charge in [0.25, 0.3) is 5.91 Å². The molecule has 1 aliphatic rings. The molecule has 4 rings (SSSR count). The Labute approximate surface area is 246 Å². The molecule has 2 heterocycles. The van der Waals surface area contributed by atoms with Crippen LogP contribution in [0.3, 0.4) is 0 Å². The van der Waals surface area contributed by atoms with Gasteiger partial charge in [-0.1, -0.05) is 61.0 Å². The van der Waals surface area contributed by atoms with Crippen molar-refractivity contribution in [1.29, 1.82) is 0 Å². The van der Waals surface area contributed by atoms with Crippen molar-refractivity contribution < 1.29 is 18.8 Å². The van der Waals surface area contributed by atoms with Gasteiger partial charge < -0.3 is 15.5 Å². The third-order valence-electron chi connectivity index (χ3n) is 7.13. The van der Waals surface area contributed by atoms with Crippen LogP contribution < -0.4 is 10.6 Å². The number of aromatic nitrogens is 1. The summed E-state index contributed by atoms with van der Waals surface area (Å²) in [4.78, 5) is 47.2. The summed E-state index contributed by atoms with van der Waals surface area (Å²) in [5.74, 6) is -1.67. The number of benzene rings is 2. The zero-order valence-electron chi connectivity index (χ0n) is 23.3. The summed E-state index contributed by atoms with van der Waals surface area (Å²) in [7, 11) is 0.